The second-order valence-corrected chi connectivity index (χ2v) is 4.18. The molecule has 1 aromatic heterocycles. The number of benzene rings is 1. The van der Waals surface area contributed by atoms with Crippen LogP contribution in [0.25, 0.3) is 11.3 Å². The highest BCUT2D eigenvalue weighted by atomic mass is 79.9. The van der Waals surface area contributed by atoms with Gasteiger partial charge in [-0.15, -0.1) is 0 Å². The van der Waals surface area contributed by atoms with Gasteiger partial charge in [0.2, 0.25) is 0 Å². The summed E-state index contributed by atoms with van der Waals surface area (Å²) in [5, 5.41) is 3.00. The first-order chi connectivity index (χ1) is 7.70. The minimum Gasteiger partial charge on any atom is -0.335 e. The summed E-state index contributed by atoms with van der Waals surface area (Å²) in [6, 6.07) is 6.37. The van der Waals surface area contributed by atoms with Crippen LogP contribution in [0.5, 0.6) is 0 Å². The predicted molar refractivity (Wildman–Crippen MR) is 64.4 cm³/mol. The molecular formula is C11H11BrFN3. The van der Waals surface area contributed by atoms with Crippen molar-refractivity contribution >= 4 is 15.9 Å². The van der Waals surface area contributed by atoms with Crippen molar-refractivity contribution in [2.75, 3.05) is 7.05 Å². The summed E-state index contributed by atoms with van der Waals surface area (Å²) >= 11 is 3.38. The molecular weight excluding hydrogens is 273 g/mol. The lowest BCUT2D eigenvalue weighted by atomic mass is 10.2. The number of nitrogens with one attached hydrogen (secondary N) is 2. The predicted octanol–water partition coefficient (Wildman–Crippen LogP) is 2.70. The zero-order chi connectivity index (χ0) is 11.5. The molecule has 1 aromatic carbocycles. The van der Waals surface area contributed by atoms with E-state index in [-0.39, 0.29) is 5.82 Å². The molecule has 2 aromatic rings. The van der Waals surface area contributed by atoms with Crippen molar-refractivity contribution in [3.63, 3.8) is 0 Å². The van der Waals surface area contributed by atoms with Gasteiger partial charge in [0, 0.05) is 5.56 Å². The molecule has 5 heteroatoms. The van der Waals surface area contributed by atoms with Crippen LogP contribution in [0.2, 0.25) is 0 Å². The molecule has 84 valence electrons. The lowest BCUT2D eigenvalue weighted by molar-refractivity contribution is 0.628. The zero-order valence-electron chi connectivity index (χ0n) is 8.72. The highest BCUT2D eigenvalue weighted by molar-refractivity contribution is 9.10. The van der Waals surface area contributed by atoms with Crippen molar-refractivity contribution in [1.29, 1.82) is 0 Å². The topological polar surface area (TPSA) is 40.7 Å². The Balaban J connectivity index is 2.40. The van der Waals surface area contributed by atoms with Gasteiger partial charge in [0.05, 0.1) is 6.54 Å². The van der Waals surface area contributed by atoms with Gasteiger partial charge in [-0.1, -0.05) is 12.1 Å². The van der Waals surface area contributed by atoms with Crippen LogP contribution < -0.4 is 5.32 Å². The van der Waals surface area contributed by atoms with Crippen LogP contribution in [0.1, 0.15) is 5.82 Å². The molecule has 0 fully saturated rings. The number of aromatic nitrogens is 2. The van der Waals surface area contributed by atoms with Crippen molar-refractivity contribution in [1.82, 2.24) is 15.3 Å². The van der Waals surface area contributed by atoms with Gasteiger partial charge < -0.3 is 10.3 Å². The minimum absolute atomic E-state index is 0.262. The Hall–Kier alpha value is -1.20. The summed E-state index contributed by atoms with van der Waals surface area (Å²) in [5.41, 5.74) is 1.48. The Morgan fingerprint density at radius 2 is 2.31 bits per heavy atom. The average molecular weight is 284 g/mol. The van der Waals surface area contributed by atoms with Gasteiger partial charge in [0.15, 0.2) is 0 Å². The molecule has 0 aliphatic carbocycles. The van der Waals surface area contributed by atoms with Crippen molar-refractivity contribution < 1.29 is 4.39 Å². The van der Waals surface area contributed by atoms with Crippen LogP contribution in [-0.2, 0) is 6.54 Å². The van der Waals surface area contributed by atoms with Gasteiger partial charge in [0.25, 0.3) is 0 Å². The number of imidazole rings is 1. The number of rotatable bonds is 3. The van der Waals surface area contributed by atoms with E-state index in [2.05, 4.69) is 31.2 Å². The van der Waals surface area contributed by atoms with Crippen molar-refractivity contribution in [3.05, 3.63) is 40.5 Å². The third-order valence-electron chi connectivity index (χ3n) is 2.15. The van der Waals surface area contributed by atoms with Gasteiger partial charge in [-0.2, -0.15) is 0 Å². The molecule has 2 rings (SSSR count). The monoisotopic (exact) mass is 283 g/mol. The van der Waals surface area contributed by atoms with Crippen LogP contribution in [0.3, 0.4) is 0 Å². The quantitative estimate of drug-likeness (QED) is 0.909. The Bertz CT molecular complexity index is 496. The first kappa shape index (κ1) is 11.3. The maximum Gasteiger partial charge on any atom is 0.123 e. The van der Waals surface area contributed by atoms with Gasteiger partial charge in [-0.25, -0.2) is 9.37 Å². The van der Waals surface area contributed by atoms with Gasteiger partial charge >= 0.3 is 0 Å². The Morgan fingerprint density at radius 1 is 1.50 bits per heavy atom. The Labute approximate surface area is 101 Å². The van der Waals surface area contributed by atoms with E-state index in [1.165, 1.54) is 12.1 Å². The molecule has 0 saturated carbocycles. The Kier molecular flexibility index (Phi) is 3.36. The third-order valence-corrected chi connectivity index (χ3v) is 2.72. The van der Waals surface area contributed by atoms with Crippen LogP contribution in [-0.4, -0.2) is 17.0 Å². The summed E-state index contributed by atoms with van der Waals surface area (Å²) in [6.07, 6.45) is 0. The maximum absolute atomic E-state index is 13.1. The second-order valence-electron chi connectivity index (χ2n) is 3.39. The van der Waals surface area contributed by atoms with Crippen LogP contribution >= 0.6 is 15.9 Å². The summed E-state index contributed by atoms with van der Waals surface area (Å²) in [5.74, 6) is 0.552. The summed E-state index contributed by atoms with van der Waals surface area (Å²) in [4.78, 5) is 7.46. The van der Waals surface area contributed by atoms with Crippen molar-refractivity contribution in [3.8, 4) is 11.3 Å². The van der Waals surface area contributed by atoms with E-state index in [0.717, 1.165) is 21.7 Å². The molecule has 0 aliphatic heterocycles. The molecule has 0 aliphatic rings. The van der Waals surface area contributed by atoms with Gasteiger partial charge in [0.1, 0.15) is 21.9 Å². The summed E-state index contributed by atoms with van der Waals surface area (Å²) < 4.78 is 13.8. The standard InChI is InChI=1S/C11H11BrFN3/c1-14-6-9-15-10(11(12)16-9)7-3-2-4-8(13)5-7/h2-5,14H,6H2,1H3,(H,15,16). The van der Waals surface area contributed by atoms with E-state index in [1.54, 1.807) is 6.07 Å². The molecule has 2 N–H and O–H groups in total. The van der Waals surface area contributed by atoms with Crippen LogP contribution in [0.15, 0.2) is 28.9 Å². The first-order valence-electron chi connectivity index (χ1n) is 4.85. The fourth-order valence-corrected chi connectivity index (χ4v) is 2.02. The number of hydrogen-bond donors (Lipinski definition) is 2. The normalized spacial score (nSPS) is 10.7. The minimum atomic E-state index is -0.262. The molecule has 0 spiro atoms. The maximum atomic E-state index is 13.1. The lowest BCUT2D eigenvalue weighted by Crippen LogP contribution is -2.06. The molecule has 0 unspecified atom stereocenters. The van der Waals surface area contributed by atoms with E-state index in [9.17, 15) is 4.39 Å². The molecule has 1 heterocycles. The largest absolute Gasteiger partial charge is 0.335 e. The SMILES string of the molecule is CNCc1nc(-c2cccc(F)c2)c(Br)[nH]1. The number of halogens is 2. The van der Waals surface area contributed by atoms with E-state index in [1.807, 2.05) is 13.1 Å². The number of aromatic amines is 1. The van der Waals surface area contributed by atoms with E-state index in [0.29, 0.717) is 6.54 Å². The van der Waals surface area contributed by atoms with Crippen LogP contribution in [0.4, 0.5) is 4.39 Å². The van der Waals surface area contributed by atoms with Crippen molar-refractivity contribution in [2.24, 2.45) is 0 Å². The molecule has 0 amide bonds. The Morgan fingerprint density at radius 3 is 3.00 bits per heavy atom. The number of nitrogens with zero attached hydrogens (tertiary/aromatic N) is 1. The molecule has 16 heavy (non-hydrogen) atoms. The van der Waals surface area contributed by atoms with Gasteiger partial charge in [-0.3, -0.25) is 0 Å². The third kappa shape index (κ3) is 2.31. The summed E-state index contributed by atoms with van der Waals surface area (Å²) in [7, 11) is 1.85. The fraction of sp³-hybridized carbons (Fsp3) is 0.182. The van der Waals surface area contributed by atoms with E-state index < -0.39 is 0 Å². The highest BCUT2D eigenvalue weighted by Gasteiger charge is 2.10. The molecule has 0 atom stereocenters. The average Bonchev–Trinajstić information content (AvgIpc) is 2.60. The first-order valence-corrected chi connectivity index (χ1v) is 5.65. The molecule has 3 nitrogen and oxygen atoms in total. The molecule has 0 radical (unpaired) electrons. The second kappa shape index (κ2) is 4.76. The lowest BCUT2D eigenvalue weighted by Gasteiger charge is -1.97. The smallest absolute Gasteiger partial charge is 0.123 e. The van der Waals surface area contributed by atoms with Crippen molar-refractivity contribution in [2.45, 2.75) is 6.54 Å². The number of hydrogen-bond acceptors (Lipinski definition) is 2. The highest BCUT2D eigenvalue weighted by Crippen LogP contribution is 2.26. The zero-order valence-corrected chi connectivity index (χ0v) is 10.3. The number of H-pyrrole nitrogens is 1. The van der Waals surface area contributed by atoms with E-state index in [4.69, 9.17) is 0 Å². The van der Waals surface area contributed by atoms with Gasteiger partial charge in [-0.05, 0) is 35.1 Å². The molecule has 0 saturated heterocycles. The molecule has 0 bridgehead atoms. The van der Waals surface area contributed by atoms with Crippen LogP contribution in [0, 0.1) is 5.82 Å². The summed E-state index contributed by atoms with van der Waals surface area (Å²) in [6.45, 7) is 0.647. The van der Waals surface area contributed by atoms with E-state index >= 15 is 0 Å². The fourth-order valence-electron chi connectivity index (χ4n) is 1.48.